The highest BCUT2D eigenvalue weighted by atomic mass is 127. The largest absolute Gasteiger partial charge is 0.456 e. The van der Waals surface area contributed by atoms with E-state index in [-0.39, 0.29) is 0 Å². The van der Waals surface area contributed by atoms with Crippen LogP contribution in [0.2, 0.25) is 0 Å². The second-order valence-corrected chi connectivity index (χ2v) is 5.09. The first-order chi connectivity index (χ1) is 6.56. The maximum Gasteiger partial charge on any atom is 0.384 e. The first-order valence-corrected chi connectivity index (χ1v) is 5.78. The van der Waals surface area contributed by atoms with Crippen LogP contribution in [0.3, 0.4) is 0 Å². The Bertz CT molecular complexity index is 269. The van der Waals surface area contributed by atoms with E-state index in [1.165, 1.54) is 5.57 Å². The standard InChI is InChI=1S/C11H15IO2/c1-4-14-11(13)7-5-6-9(2)8-10(3)12/h6,10H,4,8H2,1-3H3/b9-6+. The molecule has 14 heavy (non-hydrogen) atoms. The molecule has 0 aliphatic rings. The molecular weight excluding hydrogens is 291 g/mol. The molecule has 1 unspecified atom stereocenters. The quantitative estimate of drug-likeness (QED) is 0.263. The number of esters is 1. The lowest BCUT2D eigenvalue weighted by molar-refractivity contribution is -0.136. The molecule has 0 aromatic carbocycles. The fourth-order valence-electron chi connectivity index (χ4n) is 0.888. The number of hydrogen-bond acceptors (Lipinski definition) is 2. The van der Waals surface area contributed by atoms with Crippen LogP contribution in [0.1, 0.15) is 27.2 Å². The normalized spacial score (nSPS) is 12.7. The first kappa shape index (κ1) is 13.5. The average Bonchev–Trinajstić information content (AvgIpc) is 2.02. The van der Waals surface area contributed by atoms with Crippen LogP contribution >= 0.6 is 22.6 Å². The molecule has 0 amide bonds. The second kappa shape index (κ2) is 7.86. The monoisotopic (exact) mass is 306 g/mol. The zero-order valence-corrected chi connectivity index (χ0v) is 10.9. The van der Waals surface area contributed by atoms with Crippen molar-refractivity contribution in [3.05, 3.63) is 11.6 Å². The van der Waals surface area contributed by atoms with Crippen LogP contribution in [0.25, 0.3) is 0 Å². The van der Waals surface area contributed by atoms with E-state index >= 15 is 0 Å². The molecule has 0 heterocycles. The number of carbonyl (C=O) groups excluding carboxylic acids is 1. The molecule has 3 heteroatoms. The minimum Gasteiger partial charge on any atom is -0.456 e. The summed E-state index contributed by atoms with van der Waals surface area (Å²) in [6.07, 6.45) is 2.77. The van der Waals surface area contributed by atoms with Crippen molar-refractivity contribution in [1.82, 2.24) is 0 Å². The molecule has 0 saturated carbocycles. The van der Waals surface area contributed by atoms with Crippen molar-refractivity contribution >= 4 is 28.6 Å². The molecule has 0 rings (SSSR count). The number of alkyl halides is 1. The molecule has 0 aromatic heterocycles. The third-order valence-electron chi connectivity index (χ3n) is 1.37. The topological polar surface area (TPSA) is 26.3 Å². The van der Waals surface area contributed by atoms with E-state index in [2.05, 4.69) is 46.1 Å². The number of carbonyl (C=O) groups is 1. The molecule has 0 saturated heterocycles. The van der Waals surface area contributed by atoms with E-state index in [1.54, 1.807) is 13.0 Å². The number of halogens is 1. The zero-order chi connectivity index (χ0) is 11.0. The average molecular weight is 306 g/mol. The van der Waals surface area contributed by atoms with Crippen LogP contribution in [0, 0.1) is 11.8 Å². The molecule has 0 spiro atoms. The Hall–Kier alpha value is -0.500. The lowest BCUT2D eigenvalue weighted by Gasteiger charge is -2.00. The van der Waals surface area contributed by atoms with Gasteiger partial charge in [0, 0.05) is 9.85 Å². The van der Waals surface area contributed by atoms with Gasteiger partial charge in [-0.15, -0.1) is 0 Å². The number of hydrogen-bond donors (Lipinski definition) is 0. The summed E-state index contributed by atoms with van der Waals surface area (Å²) < 4.78 is 5.25. The van der Waals surface area contributed by atoms with Gasteiger partial charge in [0.1, 0.15) is 0 Å². The van der Waals surface area contributed by atoms with E-state index in [1.807, 2.05) is 6.92 Å². The predicted octanol–water partition coefficient (Wildman–Crippen LogP) is 2.71. The molecule has 1 atom stereocenters. The van der Waals surface area contributed by atoms with Crippen LogP contribution in [-0.4, -0.2) is 16.5 Å². The SMILES string of the molecule is CCOC(=O)C#C/C=C(\C)CC(C)I. The molecule has 78 valence electrons. The Labute approximate surface area is 99.2 Å². The highest BCUT2D eigenvalue weighted by molar-refractivity contribution is 14.1. The Kier molecular flexibility index (Phi) is 7.58. The van der Waals surface area contributed by atoms with Crippen LogP contribution in [0.4, 0.5) is 0 Å². The van der Waals surface area contributed by atoms with Crippen molar-refractivity contribution in [3.63, 3.8) is 0 Å². The summed E-state index contributed by atoms with van der Waals surface area (Å²) in [6, 6.07) is 0. The summed E-state index contributed by atoms with van der Waals surface area (Å²) in [5.74, 6) is 4.62. The Morgan fingerprint density at radius 2 is 2.29 bits per heavy atom. The van der Waals surface area contributed by atoms with Gasteiger partial charge in [-0.3, -0.25) is 0 Å². The molecule has 2 nitrogen and oxygen atoms in total. The number of ether oxygens (including phenoxy) is 1. The smallest absolute Gasteiger partial charge is 0.384 e. The number of allylic oxidation sites excluding steroid dienone is 2. The molecule has 0 aliphatic heterocycles. The van der Waals surface area contributed by atoms with Crippen molar-refractivity contribution in [2.45, 2.75) is 31.1 Å². The van der Waals surface area contributed by atoms with E-state index in [0.29, 0.717) is 10.5 Å². The van der Waals surface area contributed by atoms with E-state index in [4.69, 9.17) is 0 Å². The predicted molar refractivity (Wildman–Crippen MR) is 66.3 cm³/mol. The van der Waals surface area contributed by atoms with Gasteiger partial charge >= 0.3 is 5.97 Å². The summed E-state index contributed by atoms with van der Waals surface area (Å²) in [5.41, 5.74) is 1.18. The van der Waals surface area contributed by atoms with Crippen LogP contribution in [0.15, 0.2) is 11.6 Å². The van der Waals surface area contributed by atoms with E-state index in [9.17, 15) is 4.79 Å². The summed E-state index contributed by atoms with van der Waals surface area (Å²) in [7, 11) is 0. The minimum atomic E-state index is -0.459. The maximum absolute atomic E-state index is 10.8. The van der Waals surface area contributed by atoms with Gasteiger partial charge in [-0.05, 0) is 26.3 Å². The van der Waals surface area contributed by atoms with Crippen molar-refractivity contribution in [3.8, 4) is 11.8 Å². The first-order valence-electron chi connectivity index (χ1n) is 4.54. The van der Waals surface area contributed by atoms with Gasteiger partial charge < -0.3 is 4.74 Å². The summed E-state index contributed by atoms with van der Waals surface area (Å²) in [5, 5.41) is 0. The molecule has 0 radical (unpaired) electrons. The Balaban J connectivity index is 4.05. The summed E-state index contributed by atoms with van der Waals surface area (Å²) in [6.45, 7) is 6.28. The molecular formula is C11H15IO2. The van der Waals surface area contributed by atoms with Gasteiger partial charge in [-0.1, -0.05) is 41.0 Å². The van der Waals surface area contributed by atoms with Crippen LogP contribution in [-0.2, 0) is 9.53 Å². The van der Waals surface area contributed by atoms with Crippen LogP contribution < -0.4 is 0 Å². The highest BCUT2D eigenvalue weighted by Crippen LogP contribution is 2.11. The van der Waals surface area contributed by atoms with E-state index < -0.39 is 5.97 Å². The van der Waals surface area contributed by atoms with Crippen LogP contribution in [0.5, 0.6) is 0 Å². The third-order valence-corrected chi connectivity index (χ3v) is 1.81. The van der Waals surface area contributed by atoms with E-state index in [0.717, 1.165) is 6.42 Å². The van der Waals surface area contributed by atoms with Gasteiger partial charge in [0.25, 0.3) is 0 Å². The Morgan fingerprint density at radius 3 is 2.79 bits per heavy atom. The van der Waals surface area contributed by atoms with Gasteiger partial charge in [0.05, 0.1) is 6.61 Å². The van der Waals surface area contributed by atoms with Gasteiger partial charge in [0.2, 0.25) is 0 Å². The number of rotatable bonds is 3. The van der Waals surface area contributed by atoms with Crippen molar-refractivity contribution < 1.29 is 9.53 Å². The lowest BCUT2D eigenvalue weighted by atomic mass is 10.2. The molecule has 0 N–H and O–H groups in total. The maximum atomic E-state index is 10.8. The molecule has 0 bridgehead atoms. The third kappa shape index (κ3) is 8.11. The molecule has 0 aromatic rings. The zero-order valence-electron chi connectivity index (χ0n) is 8.76. The fourth-order valence-corrected chi connectivity index (χ4v) is 1.58. The summed E-state index contributed by atoms with van der Waals surface area (Å²) in [4.78, 5) is 10.8. The van der Waals surface area contributed by atoms with Gasteiger partial charge in [-0.25, -0.2) is 4.79 Å². The minimum absolute atomic E-state index is 0.376. The summed E-state index contributed by atoms with van der Waals surface area (Å²) >= 11 is 2.36. The lowest BCUT2D eigenvalue weighted by Crippen LogP contribution is -1.99. The second-order valence-electron chi connectivity index (χ2n) is 2.97. The van der Waals surface area contributed by atoms with Crippen molar-refractivity contribution in [2.24, 2.45) is 0 Å². The van der Waals surface area contributed by atoms with Crippen molar-refractivity contribution in [1.29, 1.82) is 0 Å². The Morgan fingerprint density at radius 1 is 1.64 bits per heavy atom. The van der Waals surface area contributed by atoms with Crippen molar-refractivity contribution in [2.75, 3.05) is 6.61 Å². The van der Waals surface area contributed by atoms with Gasteiger partial charge in [0.15, 0.2) is 0 Å². The fraction of sp³-hybridized carbons (Fsp3) is 0.545. The molecule has 0 fully saturated rings. The molecule has 0 aliphatic carbocycles. The van der Waals surface area contributed by atoms with Gasteiger partial charge in [-0.2, -0.15) is 0 Å². The highest BCUT2D eigenvalue weighted by Gasteiger charge is 1.95.